The highest BCUT2D eigenvalue weighted by atomic mass is 16.5. The number of hydrogen-bond donors (Lipinski definition) is 1. The Morgan fingerprint density at radius 1 is 1.29 bits per heavy atom. The number of hydrogen-bond acceptors (Lipinski definition) is 4. The van der Waals surface area contributed by atoms with E-state index in [0.29, 0.717) is 18.7 Å². The molecule has 1 aromatic carbocycles. The highest BCUT2D eigenvalue weighted by Crippen LogP contribution is 2.29. The third-order valence-electron chi connectivity index (χ3n) is 4.39. The van der Waals surface area contributed by atoms with Gasteiger partial charge in [0, 0.05) is 11.6 Å². The van der Waals surface area contributed by atoms with Crippen LogP contribution in [0.1, 0.15) is 44.7 Å². The van der Waals surface area contributed by atoms with E-state index in [-0.39, 0.29) is 0 Å². The highest BCUT2D eigenvalue weighted by molar-refractivity contribution is 5.95. The van der Waals surface area contributed by atoms with Crippen molar-refractivity contribution in [2.45, 2.75) is 51.4 Å². The van der Waals surface area contributed by atoms with Gasteiger partial charge in [0.1, 0.15) is 12.3 Å². The third-order valence-corrected chi connectivity index (χ3v) is 4.39. The van der Waals surface area contributed by atoms with Crippen molar-refractivity contribution in [1.82, 2.24) is 5.32 Å². The molecule has 21 heavy (non-hydrogen) atoms. The maximum Gasteiger partial charge on any atom is 0.216 e. The van der Waals surface area contributed by atoms with Gasteiger partial charge in [-0.25, -0.2) is 4.99 Å². The van der Waals surface area contributed by atoms with Crippen LogP contribution in [-0.4, -0.2) is 31.2 Å². The molecule has 0 amide bonds. The van der Waals surface area contributed by atoms with Crippen molar-refractivity contribution in [2.24, 2.45) is 4.99 Å². The van der Waals surface area contributed by atoms with E-state index >= 15 is 0 Å². The lowest BCUT2D eigenvalue weighted by Gasteiger charge is -2.25. The van der Waals surface area contributed by atoms with Gasteiger partial charge in [-0.1, -0.05) is 26.0 Å². The van der Waals surface area contributed by atoms with Crippen molar-refractivity contribution in [3.63, 3.8) is 0 Å². The van der Waals surface area contributed by atoms with Crippen molar-refractivity contribution in [3.8, 4) is 0 Å². The molecule has 114 valence electrons. The molecule has 0 aliphatic carbocycles. The molecule has 0 aromatic heterocycles. The van der Waals surface area contributed by atoms with E-state index in [2.05, 4.69) is 49.3 Å². The summed E-state index contributed by atoms with van der Waals surface area (Å²) in [6.07, 6.45) is 2.09. The fraction of sp³-hybridized carbons (Fsp3) is 0.588. The van der Waals surface area contributed by atoms with Crippen molar-refractivity contribution in [2.75, 3.05) is 13.2 Å². The van der Waals surface area contributed by atoms with Gasteiger partial charge in [-0.3, -0.25) is 5.32 Å². The van der Waals surface area contributed by atoms with Gasteiger partial charge >= 0.3 is 0 Å². The van der Waals surface area contributed by atoms with E-state index in [4.69, 9.17) is 9.47 Å². The molecular weight excluding hydrogens is 264 g/mol. The average Bonchev–Trinajstić information content (AvgIpc) is 3.14. The monoisotopic (exact) mass is 288 g/mol. The minimum Gasteiger partial charge on any atom is -0.475 e. The number of nitrogens with zero attached hydrogens (tertiary/aromatic N) is 1. The lowest BCUT2D eigenvalue weighted by Crippen LogP contribution is -2.38. The topological polar surface area (TPSA) is 42.8 Å². The highest BCUT2D eigenvalue weighted by Gasteiger charge is 2.36. The molecule has 0 saturated carbocycles. The van der Waals surface area contributed by atoms with Gasteiger partial charge in [0.2, 0.25) is 5.90 Å². The fourth-order valence-corrected chi connectivity index (χ4v) is 2.86. The molecule has 2 heterocycles. The second kappa shape index (κ2) is 5.78. The standard InChI is InChI=1S/C17H24N2O2/c1-4-14-10-20-16(18-14)12-7-6-8-13(9-12)17(3)19-15(5-2)11-21-17/h6-9,14-15,19H,4-5,10-11H2,1-3H3. The Labute approximate surface area is 126 Å². The molecule has 0 bridgehead atoms. The third kappa shape index (κ3) is 2.83. The van der Waals surface area contributed by atoms with E-state index in [1.165, 1.54) is 0 Å². The summed E-state index contributed by atoms with van der Waals surface area (Å²) in [6.45, 7) is 7.86. The van der Waals surface area contributed by atoms with Gasteiger partial charge in [0.25, 0.3) is 0 Å². The number of nitrogens with one attached hydrogen (secondary N) is 1. The van der Waals surface area contributed by atoms with Crippen LogP contribution in [0.25, 0.3) is 0 Å². The Morgan fingerprint density at radius 3 is 2.81 bits per heavy atom. The molecular formula is C17H24N2O2. The van der Waals surface area contributed by atoms with E-state index in [1.54, 1.807) is 0 Å². The summed E-state index contributed by atoms with van der Waals surface area (Å²) in [5.74, 6) is 0.761. The molecule has 3 unspecified atom stereocenters. The first kappa shape index (κ1) is 14.5. The van der Waals surface area contributed by atoms with Gasteiger partial charge in [-0.05, 0) is 37.5 Å². The van der Waals surface area contributed by atoms with Crippen LogP contribution in [-0.2, 0) is 15.2 Å². The van der Waals surface area contributed by atoms with Crippen LogP contribution in [0.2, 0.25) is 0 Å². The van der Waals surface area contributed by atoms with Crippen LogP contribution < -0.4 is 5.32 Å². The summed E-state index contributed by atoms with van der Waals surface area (Å²) < 4.78 is 11.7. The quantitative estimate of drug-likeness (QED) is 0.926. The first-order chi connectivity index (χ1) is 10.1. The summed E-state index contributed by atoms with van der Waals surface area (Å²) in [5.41, 5.74) is 1.75. The Balaban J connectivity index is 1.84. The minimum atomic E-state index is -0.417. The fourth-order valence-electron chi connectivity index (χ4n) is 2.86. The molecule has 2 aliphatic heterocycles. The molecule has 1 aromatic rings. The average molecular weight is 288 g/mol. The number of benzene rings is 1. The summed E-state index contributed by atoms with van der Waals surface area (Å²) in [6, 6.07) is 9.04. The van der Waals surface area contributed by atoms with E-state index < -0.39 is 5.72 Å². The van der Waals surface area contributed by atoms with Gasteiger partial charge in [-0.15, -0.1) is 0 Å². The van der Waals surface area contributed by atoms with Crippen molar-refractivity contribution >= 4 is 5.90 Å². The summed E-state index contributed by atoms with van der Waals surface area (Å²) in [5, 5.41) is 3.57. The van der Waals surface area contributed by atoms with Gasteiger partial charge in [-0.2, -0.15) is 0 Å². The Hall–Kier alpha value is -1.39. The van der Waals surface area contributed by atoms with Crippen molar-refractivity contribution in [3.05, 3.63) is 35.4 Å². The number of aliphatic imine (C=N–C) groups is 1. The van der Waals surface area contributed by atoms with Gasteiger partial charge < -0.3 is 9.47 Å². The Morgan fingerprint density at radius 2 is 2.14 bits per heavy atom. The smallest absolute Gasteiger partial charge is 0.216 e. The molecule has 1 saturated heterocycles. The van der Waals surface area contributed by atoms with Crippen molar-refractivity contribution in [1.29, 1.82) is 0 Å². The molecule has 3 atom stereocenters. The largest absolute Gasteiger partial charge is 0.475 e. The molecule has 2 aliphatic rings. The SMILES string of the molecule is CCC1COC(c2cccc(C3(C)NC(CC)CO3)c2)=N1. The van der Waals surface area contributed by atoms with Crippen molar-refractivity contribution < 1.29 is 9.47 Å². The number of ether oxygens (including phenoxy) is 2. The molecule has 0 radical (unpaired) electrons. The lowest BCUT2D eigenvalue weighted by atomic mass is 10.0. The molecule has 4 heteroatoms. The zero-order valence-corrected chi connectivity index (χ0v) is 13.1. The minimum absolute atomic E-state index is 0.296. The van der Waals surface area contributed by atoms with Crippen LogP contribution in [0.3, 0.4) is 0 Å². The predicted molar refractivity (Wildman–Crippen MR) is 83.5 cm³/mol. The van der Waals surface area contributed by atoms with Crippen LogP contribution in [0, 0.1) is 0 Å². The first-order valence-electron chi connectivity index (χ1n) is 7.87. The van der Waals surface area contributed by atoms with E-state index in [1.807, 2.05) is 6.07 Å². The lowest BCUT2D eigenvalue weighted by molar-refractivity contribution is 0.00233. The van der Waals surface area contributed by atoms with Crippen LogP contribution in [0.4, 0.5) is 0 Å². The first-order valence-corrected chi connectivity index (χ1v) is 7.87. The zero-order valence-electron chi connectivity index (χ0n) is 13.1. The number of rotatable bonds is 4. The second-order valence-electron chi connectivity index (χ2n) is 5.98. The van der Waals surface area contributed by atoms with Crippen LogP contribution in [0.5, 0.6) is 0 Å². The van der Waals surface area contributed by atoms with Crippen LogP contribution in [0.15, 0.2) is 29.3 Å². The Bertz CT molecular complexity index is 543. The molecule has 4 nitrogen and oxygen atoms in total. The maximum atomic E-state index is 6.00. The van der Waals surface area contributed by atoms with Gasteiger partial charge in [0.15, 0.2) is 0 Å². The summed E-state index contributed by atoms with van der Waals surface area (Å²) in [7, 11) is 0. The van der Waals surface area contributed by atoms with E-state index in [9.17, 15) is 0 Å². The zero-order chi connectivity index (χ0) is 14.9. The summed E-state index contributed by atoms with van der Waals surface area (Å²) in [4.78, 5) is 4.63. The molecule has 0 spiro atoms. The maximum absolute atomic E-state index is 6.00. The van der Waals surface area contributed by atoms with Gasteiger partial charge in [0.05, 0.1) is 12.6 Å². The Kier molecular flexibility index (Phi) is 4.00. The normalized spacial score (nSPS) is 32.0. The predicted octanol–water partition coefficient (Wildman–Crippen LogP) is 2.81. The molecule has 3 rings (SSSR count). The van der Waals surface area contributed by atoms with Crippen LogP contribution >= 0.6 is 0 Å². The second-order valence-corrected chi connectivity index (χ2v) is 5.98. The molecule has 1 N–H and O–H groups in total. The van der Waals surface area contributed by atoms with E-state index in [0.717, 1.165) is 36.5 Å². The molecule has 1 fully saturated rings. The summed E-state index contributed by atoms with van der Waals surface area (Å²) >= 11 is 0.